The highest BCUT2D eigenvalue weighted by Crippen LogP contribution is 2.35. The van der Waals surface area contributed by atoms with Crippen molar-refractivity contribution in [2.24, 2.45) is 0 Å². The summed E-state index contributed by atoms with van der Waals surface area (Å²) < 4.78 is 11.7. The van der Waals surface area contributed by atoms with Gasteiger partial charge >= 0.3 is 5.97 Å². The maximum atomic E-state index is 11.0. The Kier molecular flexibility index (Phi) is 4.01. The molecule has 118 valence electrons. The number of halogens is 1. The van der Waals surface area contributed by atoms with E-state index >= 15 is 0 Å². The molecule has 0 spiro atoms. The topological polar surface area (TPSA) is 59.7 Å². The minimum absolute atomic E-state index is 0.0392. The third-order valence-electron chi connectivity index (χ3n) is 3.49. The van der Waals surface area contributed by atoms with Crippen LogP contribution in [0.5, 0.6) is 11.5 Å². The largest absolute Gasteiger partial charge is 0.478 e. The molecule has 0 fully saturated rings. The predicted molar refractivity (Wildman–Crippen MR) is 88.8 cm³/mol. The van der Waals surface area contributed by atoms with Crippen molar-refractivity contribution in [2.75, 3.05) is 0 Å². The van der Waals surface area contributed by atoms with Crippen LogP contribution in [0.15, 0.2) is 46.9 Å². The lowest BCUT2D eigenvalue weighted by Crippen LogP contribution is -1.97. The average molecular weight is 331 g/mol. The molecule has 0 radical (unpaired) electrons. The van der Waals surface area contributed by atoms with Gasteiger partial charge in [0.25, 0.3) is 0 Å². The Labute approximate surface area is 138 Å². The van der Waals surface area contributed by atoms with Crippen LogP contribution in [-0.2, 0) is 0 Å². The first-order valence-electron chi connectivity index (χ1n) is 7.19. The number of carboxylic acid groups (broad SMARTS) is 1. The van der Waals surface area contributed by atoms with Crippen molar-refractivity contribution in [3.05, 3.63) is 58.8 Å². The van der Waals surface area contributed by atoms with Gasteiger partial charge in [-0.05, 0) is 24.3 Å². The third-order valence-corrected chi connectivity index (χ3v) is 3.81. The van der Waals surface area contributed by atoms with Crippen LogP contribution in [0.25, 0.3) is 11.0 Å². The Morgan fingerprint density at radius 2 is 2.00 bits per heavy atom. The van der Waals surface area contributed by atoms with Gasteiger partial charge in [0.15, 0.2) is 11.3 Å². The Hall–Kier alpha value is -2.46. The van der Waals surface area contributed by atoms with Crippen molar-refractivity contribution in [3.8, 4) is 11.5 Å². The van der Waals surface area contributed by atoms with Gasteiger partial charge < -0.3 is 14.3 Å². The average Bonchev–Trinajstić information content (AvgIpc) is 2.92. The van der Waals surface area contributed by atoms with Gasteiger partial charge in [-0.2, -0.15) is 0 Å². The van der Waals surface area contributed by atoms with E-state index in [1.54, 1.807) is 12.1 Å². The maximum Gasteiger partial charge on any atom is 0.337 e. The van der Waals surface area contributed by atoms with E-state index < -0.39 is 5.97 Å². The van der Waals surface area contributed by atoms with Gasteiger partial charge in [-0.15, -0.1) is 0 Å². The lowest BCUT2D eigenvalue weighted by Gasteiger charge is -2.07. The van der Waals surface area contributed by atoms with Gasteiger partial charge in [0.1, 0.15) is 11.5 Å². The molecule has 1 aromatic heterocycles. The molecule has 5 heteroatoms. The van der Waals surface area contributed by atoms with Crippen molar-refractivity contribution in [1.29, 1.82) is 0 Å². The molecule has 4 nitrogen and oxygen atoms in total. The van der Waals surface area contributed by atoms with E-state index in [1.165, 1.54) is 12.1 Å². The fourth-order valence-electron chi connectivity index (χ4n) is 2.28. The number of hydrogen-bond acceptors (Lipinski definition) is 3. The Balaban J connectivity index is 1.98. The number of para-hydroxylation sites is 1. The zero-order chi connectivity index (χ0) is 16.6. The normalized spacial score (nSPS) is 11.1. The summed E-state index contributed by atoms with van der Waals surface area (Å²) in [7, 11) is 0. The number of rotatable bonds is 4. The van der Waals surface area contributed by atoms with Crippen LogP contribution >= 0.6 is 11.6 Å². The molecule has 2 aromatic carbocycles. The van der Waals surface area contributed by atoms with Crippen LogP contribution in [0.3, 0.4) is 0 Å². The number of hydrogen-bond donors (Lipinski definition) is 1. The SMILES string of the molecule is CC(C)c1cc2cccc(Oc3ccc(C(=O)O)c(Cl)c3)c2o1. The number of carboxylic acids is 1. The molecule has 0 saturated carbocycles. The smallest absolute Gasteiger partial charge is 0.337 e. The highest BCUT2D eigenvalue weighted by atomic mass is 35.5. The molecule has 0 aliphatic carbocycles. The molecule has 23 heavy (non-hydrogen) atoms. The summed E-state index contributed by atoms with van der Waals surface area (Å²) in [6, 6.07) is 12.1. The van der Waals surface area contributed by atoms with Crippen LogP contribution < -0.4 is 4.74 Å². The van der Waals surface area contributed by atoms with E-state index in [1.807, 2.05) is 18.2 Å². The number of fused-ring (bicyclic) bond motifs is 1. The van der Waals surface area contributed by atoms with E-state index in [4.69, 9.17) is 25.9 Å². The lowest BCUT2D eigenvalue weighted by atomic mass is 10.1. The highest BCUT2D eigenvalue weighted by Gasteiger charge is 2.14. The van der Waals surface area contributed by atoms with E-state index in [2.05, 4.69) is 13.8 Å². The first-order valence-corrected chi connectivity index (χ1v) is 7.56. The molecule has 3 aromatic rings. The van der Waals surface area contributed by atoms with Gasteiger partial charge in [-0.1, -0.05) is 37.6 Å². The molecule has 0 bridgehead atoms. The van der Waals surface area contributed by atoms with Gasteiger partial charge in [-0.25, -0.2) is 4.79 Å². The number of furan rings is 1. The van der Waals surface area contributed by atoms with Gasteiger partial charge in [0, 0.05) is 17.4 Å². The quantitative estimate of drug-likeness (QED) is 0.666. The molecule has 1 heterocycles. The first kappa shape index (κ1) is 15.4. The summed E-state index contributed by atoms with van der Waals surface area (Å²) in [5.41, 5.74) is 0.701. The standard InChI is InChI=1S/C18H15ClO4/c1-10(2)16-8-11-4-3-5-15(17(11)23-16)22-12-6-7-13(18(20)21)14(19)9-12/h3-10H,1-2H3,(H,20,21). The Morgan fingerprint density at radius 3 is 2.65 bits per heavy atom. The molecule has 0 amide bonds. The van der Waals surface area contributed by atoms with Crippen LogP contribution in [0.1, 0.15) is 35.9 Å². The molecule has 0 aliphatic heterocycles. The second-order valence-corrected chi connectivity index (χ2v) is 5.93. The van der Waals surface area contributed by atoms with E-state index in [0.29, 0.717) is 17.1 Å². The molecule has 3 rings (SSSR count). The van der Waals surface area contributed by atoms with Crippen LogP contribution in [-0.4, -0.2) is 11.1 Å². The van der Waals surface area contributed by atoms with Crippen molar-refractivity contribution >= 4 is 28.5 Å². The molecule has 0 unspecified atom stereocenters. The summed E-state index contributed by atoms with van der Waals surface area (Å²) in [5, 5.41) is 10.1. The highest BCUT2D eigenvalue weighted by molar-refractivity contribution is 6.33. The third kappa shape index (κ3) is 3.03. The van der Waals surface area contributed by atoms with Gasteiger partial charge in [0.05, 0.1) is 10.6 Å². The number of aromatic carboxylic acids is 1. The first-order chi connectivity index (χ1) is 11.0. The summed E-state index contributed by atoms with van der Waals surface area (Å²) >= 11 is 5.97. The van der Waals surface area contributed by atoms with Crippen LogP contribution in [0.2, 0.25) is 5.02 Å². The number of benzene rings is 2. The Bertz CT molecular complexity index is 880. The molecular formula is C18H15ClO4. The fraction of sp³-hybridized carbons (Fsp3) is 0.167. The second kappa shape index (κ2) is 5.97. The van der Waals surface area contributed by atoms with Crippen molar-refractivity contribution in [3.63, 3.8) is 0 Å². The molecular weight excluding hydrogens is 316 g/mol. The zero-order valence-corrected chi connectivity index (χ0v) is 13.4. The fourth-order valence-corrected chi connectivity index (χ4v) is 2.53. The lowest BCUT2D eigenvalue weighted by molar-refractivity contribution is 0.0697. The van der Waals surface area contributed by atoms with Gasteiger partial charge in [-0.3, -0.25) is 0 Å². The van der Waals surface area contributed by atoms with E-state index in [9.17, 15) is 4.79 Å². The Morgan fingerprint density at radius 1 is 1.22 bits per heavy atom. The van der Waals surface area contributed by atoms with Crippen molar-refractivity contribution in [1.82, 2.24) is 0 Å². The monoisotopic (exact) mass is 330 g/mol. The summed E-state index contributed by atoms with van der Waals surface area (Å²) in [4.78, 5) is 11.0. The molecule has 0 aliphatic rings. The summed E-state index contributed by atoms with van der Waals surface area (Å²) in [6.07, 6.45) is 0. The second-order valence-electron chi connectivity index (χ2n) is 5.53. The van der Waals surface area contributed by atoms with E-state index in [-0.39, 0.29) is 16.5 Å². The van der Waals surface area contributed by atoms with Crippen molar-refractivity contribution < 1.29 is 19.1 Å². The minimum Gasteiger partial charge on any atom is -0.478 e. The minimum atomic E-state index is -1.07. The van der Waals surface area contributed by atoms with E-state index in [0.717, 1.165) is 11.1 Å². The number of carbonyl (C=O) groups is 1. The summed E-state index contributed by atoms with van der Waals surface area (Å²) in [5.74, 6) is 1.11. The summed E-state index contributed by atoms with van der Waals surface area (Å²) in [6.45, 7) is 4.12. The van der Waals surface area contributed by atoms with Crippen molar-refractivity contribution in [2.45, 2.75) is 19.8 Å². The molecule has 0 atom stereocenters. The van der Waals surface area contributed by atoms with Crippen LogP contribution in [0.4, 0.5) is 0 Å². The predicted octanol–water partition coefficient (Wildman–Crippen LogP) is 5.70. The number of ether oxygens (including phenoxy) is 1. The maximum absolute atomic E-state index is 11.0. The van der Waals surface area contributed by atoms with Gasteiger partial charge in [0.2, 0.25) is 0 Å². The molecule has 1 N–H and O–H groups in total. The zero-order valence-electron chi connectivity index (χ0n) is 12.7. The molecule has 0 saturated heterocycles. The van der Waals surface area contributed by atoms with Crippen LogP contribution in [0, 0.1) is 0 Å².